The molecule has 1 N–H and O–H groups in total. The minimum Gasteiger partial charge on any atom is -0.441 e. The Morgan fingerprint density at radius 2 is 2.24 bits per heavy atom. The molecule has 1 aromatic heterocycles. The van der Waals surface area contributed by atoms with E-state index in [1.165, 1.54) is 6.07 Å². The first-order chi connectivity index (χ1) is 8.34. The molecule has 2 aromatic rings. The van der Waals surface area contributed by atoms with Crippen molar-refractivity contribution in [2.75, 3.05) is 13.1 Å². The van der Waals surface area contributed by atoms with Crippen molar-refractivity contribution < 1.29 is 8.81 Å². The maximum atomic E-state index is 13.5. The Labute approximate surface area is 98.7 Å². The second-order valence-electron chi connectivity index (χ2n) is 4.24. The van der Waals surface area contributed by atoms with E-state index in [1.54, 1.807) is 24.4 Å². The fraction of sp³-hybridized carbons (Fsp3) is 0.308. The third-order valence-corrected chi connectivity index (χ3v) is 3.09. The molecule has 0 radical (unpaired) electrons. The van der Waals surface area contributed by atoms with Crippen LogP contribution in [0.1, 0.15) is 18.1 Å². The topological polar surface area (TPSA) is 38.1 Å². The maximum absolute atomic E-state index is 13.5. The molecule has 0 bridgehead atoms. The third-order valence-electron chi connectivity index (χ3n) is 3.09. The summed E-state index contributed by atoms with van der Waals surface area (Å²) in [6, 6.07) is 6.52. The van der Waals surface area contributed by atoms with Gasteiger partial charge in [-0.05, 0) is 25.1 Å². The number of nitrogens with one attached hydrogen (secondary N) is 1. The number of hydrogen-bond donors (Lipinski definition) is 1. The summed E-state index contributed by atoms with van der Waals surface area (Å²) in [5, 5.41) is 3.27. The first-order valence-corrected chi connectivity index (χ1v) is 5.76. The van der Waals surface area contributed by atoms with Crippen LogP contribution in [0, 0.1) is 5.82 Å². The zero-order valence-electron chi connectivity index (χ0n) is 9.32. The minimum absolute atomic E-state index is 0.301. The highest BCUT2D eigenvalue weighted by molar-refractivity contribution is 5.53. The zero-order chi connectivity index (χ0) is 11.7. The van der Waals surface area contributed by atoms with Gasteiger partial charge in [-0.1, -0.05) is 12.1 Å². The molecule has 17 heavy (non-hydrogen) atoms. The summed E-state index contributed by atoms with van der Waals surface area (Å²) < 4.78 is 19.2. The lowest BCUT2D eigenvalue weighted by Crippen LogP contribution is -2.07. The molecule has 0 amide bonds. The van der Waals surface area contributed by atoms with E-state index in [0.717, 1.165) is 25.3 Å². The SMILES string of the molecule is Fc1ccccc1-c1ncc(C2CCNC2)o1. The highest BCUT2D eigenvalue weighted by Gasteiger charge is 2.21. The molecule has 1 aromatic carbocycles. The Bertz CT molecular complexity index is 518. The van der Waals surface area contributed by atoms with Crippen LogP contribution in [0.15, 0.2) is 34.9 Å². The van der Waals surface area contributed by atoms with Gasteiger partial charge in [0, 0.05) is 12.5 Å². The zero-order valence-corrected chi connectivity index (χ0v) is 9.32. The van der Waals surface area contributed by atoms with Gasteiger partial charge in [0.15, 0.2) is 0 Å². The van der Waals surface area contributed by atoms with Gasteiger partial charge in [0.05, 0.1) is 11.8 Å². The maximum Gasteiger partial charge on any atom is 0.229 e. The van der Waals surface area contributed by atoms with Crippen LogP contribution >= 0.6 is 0 Å². The van der Waals surface area contributed by atoms with Crippen LogP contribution < -0.4 is 5.32 Å². The number of benzene rings is 1. The molecule has 1 saturated heterocycles. The number of halogens is 1. The van der Waals surface area contributed by atoms with Gasteiger partial charge in [-0.15, -0.1) is 0 Å². The van der Waals surface area contributed by atoms with Gasteiger partial charge < -0.3 is 9.73 Å². The molecule has 3 nitrogen and oxygen atoms in total. The van der Waals surface area contributed by atoms with Crippen LogP contribution in [-0.4, -0.2) is 18.1 Å². The number of hydrogen-bond acceptors (Lipinski definition) is 3. The van der Waals surface area contributed by atoms with E-state index in [0.29, 0.717) is 17.4 Å². The highest BCUT2D eigenvalue weighted by atomic mass is 19.1. The Morgan fingerprint density at radius 3 is 3.00 bits per heavy atom. The lowest BCUT2D eigenvalue weighted by Gasteiger charge is -2.02. The monoisotopic (exact) mass is 232 g/mol. The Morgan fingerprint density at radius 1 is 1.35 bits per heavy atom. The highest BCUT2D eigenvalue weighted by Crippen LogP contribution is 2.28. The second-order valence-corrected chi connectivity index (χ2v) is 4.24. The van der Waals surface area contributed by atoms with Crippen LogP contribution in [0.5, 0.6) is 0 Å². The fourth-order valence-electron chi connectivity index (χ4n) is 2.13. The van der Waals surface area contributed by atoms with E-state index in [9.17, 15) is 4.39 Å². The quantitative estimate of drug-likeness (QED) is 0.864. The molecule has 88 valence electrons. The lowest BCUT2D eigenvalue weighted by atomic mass is 10.1. The number of nitrogens with zero attached hydrogens (tertiary/aromatic N) is 1. The van der Waals surface area contributed by atoms with Crippen LogP contribution in [0.4, 0.5) is 4.39 Å². The average molecular weight is 232 g/mol. The lowest BCUT2D eigenvalue weighted by molar-refractivity contribution is 0.478. The molecule has 1 aliphatic rings. The molecule has 4 heteroatoms. The van der Waals surface area contributed by atoms with Crippen molar-refractivity contribution in [3.05, 3.63) is 42.0 Å². The minimum atomic E-state index is -0.301. The van der Waals surface area contributed by atoms with Crippen molar-refractivity contribution in [2.24, 2.45) is 0 Å². The van der Waals surface area contributed by atoms with E-state index in [4.69, 9.17) is 4.42 Å². The Hall–Kier alpha value is -1.68. The smallest absolute Gasteiger partial charge is 0.229 e. The molecule has 1 aliphatic heterocycles. The summed E-state index contributed by atoms with van der Waals surface area (Å²) in [7, 11) is 0. The van der Waals surface area contributed by atoms with Crippen LogP contribution in [0.3, 0.4) is 0 Å². The van der Waals surface area contributed by atoms with E-state index < -0.39 is 0 Å². The normalized spacial score (nSPS) is 19.7. The third kappa shape index (κ3) is 1.96. The largest absolute Gasteiger partial charge is 0.441 e. The van der Waals surface area contributed by atoms with Gasteiger partial charge in [-0.3, -0.25) is 0 Å². The molecule has 1 unspecified atom stereocenters. The van der Waals surface area contributed by atoms with Gasteiger partial charge in [0.1, 0.15) is 11.6 Å². The first-order valence-electron chi connectivity index (χ1n) is 5.76. The molecular formula is C13H13FN2O. The summed E-state index contributed by atoms with van der Waals surface area (Å²) in [5.41, 5.74) is 0.421. The van der Waals surface area contributed by atoms with Crippen molar-refractivity contribution in [1.29, 1.82) is 0 Å². The Balaban J connectivity index is 1.92. The fourth-order valence-corrected chi connectivity index (χ4v) is 2.13. The van der Waals surface area contributed by atoms with Gasteiger partial charge >= 0.3 is 0 Å². The predicted octanol–water partition coefficient (Wildman–Crippen LogP) is 2.56. The van der Waals surface area contributed by atoms with Gasteiger partial charge in [-0.25, -0.2) is 9.37 Å². The van der Waals surface area contributed by atoms with Crippen molar-refractivity contribution >= 4 is 0 Å². The second kappa shape index (κ2) is 4.30. The van der Waals surface area contributed by atoms with Crippen LogP contribution in [-0.2, 0) is 0 Å². The molecular weight excluding hydrogens is 219 g/mol. The molecule has 0 saturated carbocycles. The summed E-state index contributed by atoms with van der Waals surface area (Å²) in [4.78, 5) is 4.16. The van der Waals surface area contributed by atoms with E-state index in [-0.39, 0.29) is 5.82 Å². The molecule has 3 rings (SSSR count). The van der Waals surface area contributed by atoms with Gasteiger partial charge in [-0.2, -0.15) is 0 Å². The van der Waals surface area contributed by atoms with Crippen LogP contribution in [0.2, 0.25) is 0 Å². The summed E-state index contributed by atoms with van der Waals surface area (Å²) in [6.45, 7) is 1.91. The summed E-state index contributed by atoms with van der Waals surface area (Å²) in [5.74, 6) is 1.27. The Kier molecular flexibility index (Phi) is 2.65. The number of aromatic nitrogens is 1. The van der Waals surface area contributed by atoms with Crippen molar-refractivity contribution in [2.45, 2.75) is 12.3 Å². The van der Waals surface area contributed by atoms with Gasteiger partial charge in [0.2, 0.25) is 5.89 Å². The molecule has 1 atom stereocenters. The van der Waals surface area contributed by atoms with E-state index in [2.05, 4.69) is 10.3 Å². The van der Waals surface area contributed by atoms with Crippen molar-refractivity contribution in [1.82, 2.24) is 10.3 Å². The standard InChI is InChI=1S/C13H13FN2O/c14-11-4-2-1-3-10(11)13-16-8-12(17-13)9-5-6-15-7-9/h1-4,8-9,15H,5-7H2. The van der Waals surface area contributed by atoms with Crippen molar-refractivity contribution in [3.63, 3.8) is 0 Å². The first kappa shape index (κ1) is 10.5. The van der Waals surface area contributed by atoms with Gasteiger partial charge in [0.25, 0.3) is 0 Å². The number of rotatable bonds is 2. The number of oxazole rings is 1. The molecule has 1 fully saturated rings. The van der Waals surface area contributed by atoms with Crippen LogP contribution in [0.25, 0.3) is 11.5 Å². The van der Waals surface area contributed by atoms with E-state index >= 15 is 0 Å². The van der Waals surface area contributed by atoms with E-state index in [1.807, 2.05) is 0 Å². The molecule has 0 spiro atoms. The molecule has 0 aliphatic carbocycles. The summed E-state index contributed by atoms with van der Waals surface area (Å²) >= 11 is 0. The predicted molar refractivity (Wildman–Crippen MR) is 62.1 cm³/mol. The average Bonchev–Trinajstić information content (AvgIpc) is 3.00. The van der Waals surface area contributed by atoms with Crippen molar-refractivity contribution in [3.8, 4) is 11.5 Å². The summed E-state index contributed by atoms with van der Waals surface area (Å²) in [6.07, 6.45) is 2.76. The molecule has 2 heterocycles.